The van der Waals surface area contributed by atoms with Gasteiger partial charge in [0, 0.05) is 16.6 Å². The summed E-state index contributed by atoms with van der Waals surface area (Å²) in [5.74, 6) is 0.0725. The van der Waals surface area contributed by atoms with Crippen molar-refractivity contribution in [2.45, 2.75) is 26.7 Å². The summed E-state index contributed by atoms with van der Waals surface area (Å²) in [6.07, 6.45) is 1.45. The SMILES string of the molecule is CCCC(=O)Nc1ccc(C)c(Br)c1. The van der Waals surface area contributed by atoms with Gasteiger partial charge in [0.25, 0.3) is 0 Å². The number of halogens is 1. The molecule has 0 bridgehead atoms. The molecule has 3 heteroatoms. The Morgan fingerprint density at radius 2 is 2.21 bits per heavy atom. The van der Waals surface area contributed by atoms with Crippen LogP contribution in [0.5, 0.6) is 0 Å². The van der Waals surface area contributed by atoms with E-state index < -0.39 is 0 Å². The van der Waals surface area contributed by atoms with Gasteiger partial charge < -0.3 is 5.32 Å². The number of amides is 1. The Kier molecular flexibility index (Phi) is 4.14. The third kappa shape index (κ3) is 3.14. The van der Waals surface area contributed by atoms with Crippen LogP contribution < -0.4 is 5.32 Å². The Balaban J connectivity index is 2.68. The van der Waals surface area contributed by atoms with Gasteiger partial charge in [-0.05, 0) is 31.0 Å². The minimum absolute atomic E-state index is 0.0725. The Labute approximate surface area is 92.8 Å². The second-order valence-corrected chi connectivity index (χ2v) is 4.12. The molecule has 1 aromatic rings. The van der Waals surface area contributed by atoms with Crippen LogP contribution in [-0.2, 0) is 4.79 Å². The molecule has 14 heavy (non-hydrogen) atoms. The molecule has 0 heterocycles. The van der Waals surface area contributed by atoms with Gasteiger partial charge in [-0.15, -0.1) is 0 Å². The summed E-state index contributed by atoms with van der Waals surface area (Å²) >= 11 is 3.42. The predicted octanol–water partition coefficient (Wildman–Crippen LogP) is 3.50. The smallest absolute Gasteiger partial charge is 0.224 e. The van der Waals surface area contributed by atoms with E-state index in [0.717, 1.165) is 16.6 Å². The molecule has 0 saturated carbocycles. The minimum Gasteiger partial charge on any atom is -0.326 e. The molecule has 76 valence electrons. The van der Waals surface area contributed by atoms with Gasteiger partial charge >= 0.3 is 0 Å². The van der Waals surface area contributed by atoms with Crippen molar-refractivity contribution in [3.05, 3.63) is 28.2 Å². The molecule has 0 unspecified atom stereocenters. The zero-order valence-corrected chi connectivity index (χ0v) is 10.0. The molecule has 0 aromatic heterocycles. The maximum atomic E-state index is 11.3. The molecule has 0 radical (unpaired) electrons. The topological polar surface area (TPSA) is 29.1 Å². The fourth-order valence-electron chi connectivity index (χ4n) is 1.12. The van der Waals surface area contributed by atoms with Gasteiger partial charge in [-0.25, -0.2) is 0 Å². The first kappa shape index (κ1) is 11.2. The number of hydrogen-bond acceptors (Lipinski definition) is 1. The number of nitrogens with one attached hydrogen (secondary N) is 1. The highest BCUT2D eigenvalue weighted by molar-refractivity contribution is 9.10. The fraction of sp³-hybridized carbons (Fsp3) is 0.364. The molecule has 0 saturated heterocycles. The van der Waals surface area contributed by atoms with Crippen molar-refractivity contribution in [3.8, 4) is 0 Å². The van der Waals surface area contributed by atoms with Gasteiger partial charge in [0.2, 0.25) is 5.91 Å². The lowest BCUT2D eigenvalue weighted by Crippen LogP contribution is -2.10. The fourth-order valence-corrected chi connectivity index (χ4v) is 1.50. The number of aryl methyl sites for hydroxylation is 1. The first-order chi connectivity index (χ1) is 6.63. The number of rotatable bonds is 3. The minimum atomic E-state index is 0.0725. The van der Waals surface area contributed by atoms with Crippen molar-refractivity contribution in [2.75, 3.05) is 5.32 Å². The second kappa shape index (κ2) is 5.15. The molecule has 1 aromatic carbocycles. The third-order valence-electron chi connectivity index (χ3n) is 1.93. The summed E-state index contributed by atoms with van der Waals surface area (Å²) in [4.78, 5) is 11.3. The van der Waals surface area contributed by atoms with E-state index in [2.05, 4.69) is 21.2 Å². The molecule has 1 amide bonds. The molecule has 2 nitrogen and oxygen atoms in total. The number of carbonyl (C=O) groups excluding carboxylic acids is 1. The Hall–Kier alpha value is -0.830. The normalized spacial score (nSPS) is 9.93. The quantitative estimate of drug-likeness (QED) is 0.881. The number of carbonyl (C=O) groups is 1. The van der Waals surface area contributed by atoms with E-state index in [4.69, 9.17) is 0 Å². The van der Waals surface area contributed by atoms with E-state index in [9.17, 15) is 4.79 Å². The first-order valence-electron chi connectivity index (χ1n) is 4.69. The summed E-state index contributed by atoms with van der Waals surface area (Å²) in [6, 6.07) is 5.81. The molecule has 1 rings (SSSR count). The predicted molar refractivity (Wildman–Crippen MR) is 62.4 cm³/mol. The number of hydrogen-bond donors (Lipinski definition) is 1. The highest BCUT2D eigenvalue weighted by Gasteiger charge is 2.01. The van der Waals surface area contributed by atoms with Crippen molar-refractivity contribution in [2.24, 2.45) is 0 Å². The van der Waals surface area contributed by atoms with Crippen LogP contribution in [0.2, 0.25) is 0 Å². The summed E-state index contributed by atoms with van der Waals surface area (Å²) in [5, 5.41) is 2.84. The zero-order chi connectivity index (χ0) is 10.6. The van der Waals surface area contributed by atoms with E-state index in [1.165, 1.54) is 5.56 Å². The summed E-state index contributed by atoms with van der Waals surface area (Å²) < 4.78 is 1.02. The van der Waals surface area contributed by atoms with Gasteiger partial charge in [-0.2, -0.15) is 0 Å². The lowest BCUT2D eigenvalue weighted by atomic mass is 10.2. The maximum Gasteiger partial charge on any atom is 0.224 e. The Bertz CT molecular complexity index is 336. The van der Waals surface area contributed by atoms with Crippen LogP contribution in [-0.4, -0.2) is 5.91 Å². The lowest BCUT2D eigenvalue weighted by Gasteiger charge is -2.05. The van der Waals surface area contributed by atoms with Gasteiger partial charge in [0.15, 0.2) is 0 Å². The van der Waals surface area contributed by atoms with Crippen LogP contribution in [0.1, 0.15) is 25.3 Å². The number of benzene rings is 1. The van der Waals surface area contributed by atoms with Crippen LogP contribution in [0.4, 0.5) is 5.69 Å². The second-order valence-electron chi connectivity index (χ2n) is 3.26. The molecule has 0 fully saturated rings. The van der Waals surface area contributed by atoms with Crippen molar-refractivity contribution in [3.63, 3.8) is 0 Å². The summed E-state index contributed by atoms with van der Waals surface area (Å²) in [5.41, 5.74) is 2.01. The highest BCUT2D eigenvalue weighted by Crippen LogP contribution is 2.20. The average Bonchev–Trinajstić information content (AvgIpc) is 2.12. The lowest BCUT2D eigenvalue weighted by molar-refractivity contribution is -0.116. The van der Waals surface area contributed by atoms with Crippen LogP contribution in [0.3, 0.4) is 0 Å². The zero-order valence-electron chi connectivity index (χ0n) is 8.43. The molecular weight excluding hydrogens is 242 g/mol. The van der Waals surface area contributed by atoms with Crippen LogP contribution in [0.15, 0.2) is 22.7 Å². The molecule has 0 aliphatic rings. The van der Waals surface area contributed by atoms with Crippen LogP contribution in [0, 0.1) is 6.92 Å². The molecular formula is C11H14BrNO. The van der Waals surface area contributed by atoms with E-state index in [1.54, 1.807) is 0 Å². The van der Waals surface area contributed by atoms with Gasteiger partial charge in [-0.3, -0.25) is 4.79 Å². The van der Waals surface area contributed by atoms with Gasteiger partial charge in [0.1, 0.15) is 0 Å². The van der Waals surface area contributed by atoms with Gasteiger partial charge in [-0.1, -0.05) is 28.9 Å². The first-order valence-corrected chi connectivity index (χ1v) is 5.48. The summed E-state index contributed by atoms with van der Waals surface area (Å²) in [6.45, 7) is 4.01. The van der Waals surface area contributed by atoms with Crippen molar-refractivity contribution < 1.29 is 4.79 Å². The molecule has 0 spiro atoms. The van der Waals surface area contributed by atoms with Crippen LogP contribution >= 0.6 is 15.9 Å². The van der Waals surface area contributed by atoms with Gasteiger partial charge in [0.05, 0.1) is 0 Å². The molecule has 0 atom stereocenters. The summed E-state index contributed by atoms with van der Waals surface area (Å²) in [7, 11) is 0. The highest BCUT2D eigenvalue weighted by atomic mass is 79.9. The van der Waals surface area contributed by atoms with Crippen molar-refractivity contribution in [1.29, 1.82) is 0 Å². The monoisotopic (exact) mass is 255 g/mol. The van der Waals surface area contributed by atoms with Crippen LogP contribution in [0.25, 0.3) is 0 Å². The van der Waals surface area contributed by atoms with E-state index in [-0.39, 0.29) is 5.91 Å². The average molecular weight is 256 g/mol. The van der Waals surface area contributed by atoms with Crippen molar-refractivity contribution in [1.82, 2.24) is 0 Å². The maximum absolute atomic E-state index is 11.3. The Morgan fingerprint density at radius 1 is 1.50 bits per heavy atom. The Morgan fingerprint density at radius 3 is 2.79 bits per heavy atom. The van der Waals surface area contributed by atoms with E-state index in [1.807, 2.05) is 32.0 Å². The molecule has 0 aliphatic heterocycles. The number of anilines is 1. The molecule has 1 N–H and O–H groups in total. The third-order valence-corrected chi connectivity index (χ3v) is 2.79. The standard InChI is InChI=1S/C11H14BrNO/c1-3-4-11(14)13-9-6-5-8(2)10(12)7-9/h5-7H,3-4H2,1-2H3,(H,13,14). The molecule has 0 aliphatic carbocycles. The van der Waals surface area contributed by atoms with Crippen molar-refractivity contribution >= 4 is 27.5 Å². The van der Waals surface area contributed by atoms with E-state index in [0.29, 0.717) is 6.42 Å². The van der Waals surface area contributed by atoms with E-state index >= 15 is 0 Å². The largest absolute Gasteiger partial charge is 0.326 e.